The molecule has 4 nitrogen and oxygen atoms in total. The summed E-state index contributed by atoms with van der Waals surface area (Å²) >= 11 is 1.73. The molecule has 2 aromatic heterocycles. The lowest BCUT2D eigenvalue weighted by Crippen LogP contribution is -2.19. The fourth-order valence-electron chi connectivity index (χ4n) is 2.20. The summed E-state index contributed by atoms with van der Waals surface area (Å²) < 4.78 is 7.39. The van der Waals surface area contributed by atoms with Gasteiger partial charge in [-0.15, -0.1) is 11.3 Å². The smallest absolute Gasteiger partial charge is 0.134 e. The van der Waals surface area contributed by atoms with Crippen LogP contribution in [0.5, 0.6) is 5.75 Å². The van der Waals surface area contributed by atoms with Gasteiger partial charge in [0.1, 0.15) is 5.75 Å². The van der Waals surface area contributed by atoms with Gasteiger partial charge in [0.15, 0.2) is 0 Å². The Kier molecular flexibility index (Phi) is 4.61. The second-order valence-electron chi connectivity index (χ2n) is 4.50. The van der Waals surface area contributed by atoms with Crippen LogP contribution in [0.4, 0.5) is 0 Å². The van der Waals surface area contributed by atoms with E-state index in [4.69, 9.17) is 4.74 Å². The van der Waals surface area contributed by atoms with Gasteiger partial charge in [0.2, 0.25) is 0 Å². The third-order valence-electron chi connectivity index (χ3n) is 3.34. The van der Waals surface area contributed by atoms with Crippen LogP contribution < -0.4 is 10.1 Å². The van der Waals surface area contributed by atoms with Crippen LogP contribution in [-0.4, -0.2) is 23.9 Å². The van der Waals surface area contributed by atoms with Gasteiger partial charge in [-0.25, -0.2) is 0 Å². The zero-order valence-corrected chi connectivity index (χ0v) is 12.8. The van der Waals surface area contributed by atoms with Crippen LogP contribution in [0.15, 0.2) is 17.5 Å². The Morgan fingerprint density at radius 3 is 2.89 bits per heavy atom. The molecule has 0 saturated heterocycles. The van der Waals surface area contributed by atoms with Crippen molar-refractivity contribution in [2.75, 3.05) is 14.2 Å². The molecule has 1 unspecified atom stereocenters. The fourth-order valence-corrected chi connectivity index (χ4v) is 3.17. The molecule has 0 radical (unpaired) electrons. The van der Waals surface area contributed by atoms with Crippen molar-refractivity contribution >= 4 is 11.3 Å². The van der Waals surface area contributed by atoms with E-state index < -0.39 is 0 Å². The number of ether oxygens (including phenoxy) is 1. The molecule has 104 valence electrons. The van der Waals surface area contributed by atoms with Gasteiger partial charge in [0.05, 0.1) is 23.7 Å². The van der Waals surface area contributed by atoms with Gasteiger partial charge in [0.25, 0.3) is 0 Å². The highest BCUT2D eigenvalue weighted by molar-refractivity contribution is 7.10. The van der Waals surface area contributed by atoms with Crippen molar-refractivity contribution < 1.29 is 4.74 Å². The molecular weight excluding hydrogens is 258 g/mol. The molecule has 0 aliphatic rings. The Morgan fingerprint density at radius 2 is 2.32 bits per heavy atom. The minimum atomic E-state index is 0.259. The molecule has 2 aromatic rings. The first-order valence-electron chi connectivity index (χ1n) is 6.50. The molecule has 0 fully saturated rings. The van der Waals surface area contributed by atoms with Gasteiger partial charge in [-0.1, -0.05) is 6.92 Å². The van der Waals surface area contributed by atoms with Crippen LogP contribution in [0.2, 0.25) is 0 Å². The molecule has 1 N–H and O–H groups in total. The van der Waals surface area contributed by atoms with E-state index in [1.54, 1.807) is 18.4 Å². The van der Waals surface area contributed by atoms with Crippen LogP contribution >= 0.6 is 11.3 Å². The van der Waals surface area contributed by atoms with Gasteiger partial charge in [-0.2, -0.15) is 5.10 Å². The monoisotopic (exact) mass is 279 g/mol. The zero-order valence-electron chi connectivity index (χ0n) is 11.9. The molecule has 2 heterocycles. The second-order valence-corrected chi connectivity index (χ2v) is 5.45. The molecule has 1 atom stereocenters. The first kappa shape index (κ1) is 14.1. The van der Waals surface area contributed by atoms with Crippen LogP contribution in [0.1, 0.15) is 29.2 Å². The molecule has 0 spiro atoms. The summed E-state index contributed by atoms with van der Waals surface area (Å²) in [6.45, 7) is 2.13. The highest BCUT2D eigenvalue weighted by Crippen LogP contribution is 2.32. The van der Waals surface area contributed by atoms with E-state index in [-0.39, 0.29) is 6.04 Å². The summed E-state index contributed by atoms with van der Waals surface area (Å²) in [7, 11) is 5.71. The molecule has 19 heavy (non-hydrogen) atoms. The van der Waals surface area contributed by atoms with Gasteiger partial charge >= 0.3 is 0 Å². The molecule has 0 bridgehead atoms. The molecule has 0 aromatic carbocycles. The Balaban J connectivity index is 2.21. The van der Waals surface area contributed by atoms with Crippen molar-refractivity contribution in [3.8, 4) is 5.75 Å². The van der Waals surface area contributed by atoms with Crippen molar-refractivity contribution in [3.63, 3.8) is 0 Å². The minimum absolute atomic E-state index is 0.259. The molecule has 5 heteroatoms. The van der Waals surface area contributed by atoms with E-state index >= 15 is 0 Å². The lowest BCUT2D eigenvalue weighted by Gasteiger charge is -2.16. The Morgan fingerprint density at radius 1 is 1.53 bits per heavy atom. The number of aromatic nitrogens is 2. The van der Waals surface area contributed by atoms with Gasteiger partial charge in [0, 0.05) is 19.2 Å². The number of nitrogens with one attached hydrogen (secondary N) is 1. The maximum atomic E-state index is 5.41. The molecule has 0 saturated carbocycles. The molecular formula is C14H21N3OS. The SMILES string of the molecule is CCc1cc(CC(NC)c2sccc2OC)n(C)n1. The van der Waals surface area contributed by atoms with Crippen molar-refractivity contribution in [1.29, 1.82) is 0 Å². The Bertz CT molecular complexity index is 533. The predicted molar refractivity (Wildman–Crippen MR) is 79.0 cm³/mol. The number of likely N-dealkylation sites (N-methyl/N-ethyl adjacent to an activating group) is 1. The van der Waals surface area contributed by atoms with Crippen LogP contribution in [0.3, 0.4) is 0 Å². The predicted octanol–water partition coefficient (Wildman–Crippen LogP) is 2.56. The van der Waals surface area contributed by atoms with E-state index in [0.29, 0.717) is 0 Å². The first-order chi connectivity index (χ1) is 9.19. The summed E-state index contributed by atoms with van der Waals surface area (Å²) in [5.41, 5.74) is 2.39. The summed E-state index contributed by atoms with van der Waals surface area (Å²) in [5.74, 6) is 0.960. The van der Waals surface area contributed by atoms with Crippen LogP contribution in [-0.2, 0) is 19.9 Å². The second kappa shape index (κ2) is 6.21. The minimum Gasteiger partial charge on any atom is -0.496 e. The van der Waals surface area contributed by atoms with Gasteiger partial charge < -0.3 is 10.1 Å². The summed E-state index contributed by atoms with van der Waals surface area (Å²) in [6, 6.07) is 4.46. The molecule has 0 aliphatic heterocycles. The zero-order chi connectivity index (χ0) is 13.8. The average Bonchev–Trinajstić information content (AvgIpc) is 3.02. The average molecular weight is 279 g/mol. The summed E-state index contributed by atoms with van der Waals surface area (Å²) in [6.07, 6.45) is 1.89. The molecule has 2 rings (SSSR count). The number of thiophene rings is 1. The van der Waals surface area contributed by atoms with Crippen molar-refractivity contribution in [1.82, 2.24) is 15.1 Å². The summed E-state index contributed by atoms with van der Waals surface area (Å²) in [5, 5.41) is 9.94. The number of hydrogen-bond donors (Lipinski definition) is 1. The number of hydrogen-bond acceptors (Lipinski definition) is 4. The van der Waals surface area contributed by atoms with E-state index in [0.717, 1.165) is 24.3 Å². The molecule has 0 aliphatic carbocycles. The maximum Gasteiger partial charge on any atom is 0.134 e. The van der Waals surface area contributed by atoms with Crippen molar-refractivity contribution in [2.24, 2.45) is 7.05 Å². The first-order valence-corrected chi connectivity index (χ1v) is 7.38. The van der Waals surface area contributed by atoms with Gasteiger partial charge in [-0.05, 0) is 31.0 Å². The largest absolute Gasteiger partial charge is 0.496 e. The topological polar surface area (TPSA) is 39.1 Å². The number of nitrogens with zero attached hydrogens (tertiary/aromatic N) is 2. The molecule has 0 amide bonds. The van der Waals surface area contributed by atoms with E-state index in [9.17, 15) is 0 Å². The number of aryl methyl sites for hydroxylation is 2. The van der Waals surface area contributed by atoms with Gasteiger partial charge in [-0.3, -0.25) is 4.68 Å². The third kappa shape index (κ3) is 2.98. The third-order valence-corrected chi connectivity index (χ3v) is 4.36. The maximum absolute atomic E-state index is 5.41. The Hall–Kier alpha value is -1.33. The summed E-state index contributed by atoms with van der Waals surface area (Å²) in [4.78, 5) is 1.24. The highest BCUT2D eigenvalue weighted by atomic mass is 32.1. The number of methoxy groups -OCH3 is 1. The van der Waals surface area contributed by atoms with Crippen LogP contribution in [0, 0.1) is 0 Å². The fraction of sp³-hybridized carbons (Fsp3) is 0.500. The lowest BCUT2D eigenvalue weighted by molar-refractivity contribution is 0.404. The van der Waals surface area contributed by atoms with E-state index in [2.05, 4.69) is 28.8 Å². The van der Waals surface area contributed by atoms with Crippen molar-refractivity contribution in [3.05, 3.63) is 33.8 Å². The Labute approximate surface area is 118 Å². The standard InChI is InChI=1S/C14H21N3OS/c1-5-10-8-11(17(3)16-10)9-12(15-2)14-13(18-4)6-7-19-14/h6-8,12,15H,5,9H2,1-4H3. The number of rotatable bonds is 6. The highest BCUT2D eigenvalue weighted by Gasteiger charge is 2.18. The normalized spacial score (nSPS) is 12.6. The van der Waals surface area contributed by atoms with Crippen LogP contribution in [0.25, 0.3) is 0 Å². The van der Waals surface area contributed by atoms with E-state index in [1.165, 1.54) is 10.6 Å². The quantitative estimate of drug-likeness (QED) is 0.883. The lowest BCUT2D eigenvalue weighted by atomic mass is 10.1. The van der Waals surface area contributed by atoms with E-state index in [1.807, 2.05) is 24.8 Å². The van der Waals surface area contributed by atoms with Crippen molar-refractivity contribution in [2.45, 2.75) is 25.8 Å².